The summed E-state index contributed by atoms with van der Waals surface area (Å²) in [5.74, 6) is -0.523. The number of halogens is 3. The quantitative estimate of drug-likeness (QED) is 0.912. The Morgan fingerprint density at radius 3 is 2.48 bits per heavy atom. The zero-order valence-corrected chi connectivity index (χ0v) is 10.8. The van der Waals surface area contributed by atoms with Gasteiger partial charge in [0, 0.05) is 12.1 Å². The lowest BCUT2D eigenvalue weighted by molar-refractivity contribution is -0.137. The van der Waals surface area contributed by atoms with Gasteiger partial charge in [-0.1, -0.05) is 18.2 Å². The maximum Gasteiger partial charge on any atom is 0.416 e. The zero-order chi connectivity index (χ0) is 15.5. The standard InChI is InChI=1S/C15H12F3NO2/c16-15(17,18)12-5-1-3-10(7-12)9-19-14(21)11-4-2-6-13(20)8-11/h1-8,20H,9H2,(H,19,21). The third-order valence-corrected chi connectivity index (χ3v) is 2.82. The fourth-order valence-electron chi connectivity index (χ4n) is 1.79. The molecule has 0 fully saturated rings. The molecule has 0 radical (unpaired) electrons. The highest BCUT2D eigenvalue weighted by Crippen LogP contribution is 2.29. The highest BCUT2D eigenvalue weighted by Gasteiger charge is 2.30. The summed E-state index contributed by atoms with van der Waals surface area (Å²) in [6, 6.07) is 10.5. The maximum absolute atomic E-state index is 12.6. The van der Waals surface area contributed by atoms with Crippen LogP contribution in [0.15, 0.2) is 48.5 Å². The van der Waals surface area contributed by atoms with Crippen molar-refractivity contribution < 1.29 is 23.1 Å². The Kier molecular flexibility index (Phi) is 4.16. The van der Waals surface area contributed by atoms with Crippen LogP contribution in [0.3, 0.4) is 0 Å². The van der Waals surface area contributed by atoms with Crippen molar-refractivity contribution in [2.45, 2.75) is 12.7 Å². The van der Waals surface area contributed by atoms with Crippen molar-refractivity contribution in [3.8, 4) is 5.75 Å². The van der Waals surface area contributed by atoms with Crippen molar-refractivity contribution in [3.05, 3.63) is 65.2 Å². The summed E-state index contributed by atoms with van der Waals surface area (Å²) in [5.41, 5.74) is -0.174. The van der Waals surface area contributed by atoms with Crippen molar-refractivity contribution in [1.29, 1.82) is 0 Å². The lowest BCUT2D eigenvalue weighted by Gasteiger charge is -2.09. The largest absolute Gasteiger partial charge is 0.508 e. The number of alkyl halides is 3. The van der Waals surface area contributed by atoms with Gasteiger partial charge in [-0.15, -0.1) is 0 Å². The number of amides is 1. The van der Waals surface area contributed by atoms with Gasteiger partial charge in [0.2, 0.25) is 0 Å². The average molecular weight is 295 g/mol. The molecule has 0 aliphatic carbocycles. The molecule has 2 aromatic carbocycles. The van der Waals surface area contributed by atoms with Crippen molar-refractivity contribution in [2.75, 3.05) is 0 Å². The van der Waals surface area contributed by atoms with Gasteiger partial charge in [-0.2, -0.15) is 13.2 Å². The summed E-state index contributed by atoms with van der Waals surface area (Å²) in [6.07, 6.45) is -4.41. The van der Waals surface area contributed by atoms with Gasteiger partial charge in [0.05, 0.1) is 5.56 Å². The van der Waals surface area contributed by atoms with E-state index in [-0.39, 0.29) is 17.9 Å². The van der Waals surface area contributed by atoms with Gasteiger partial charge in [-0.25, -0.2) is 0 Å². The Bertz CT molecular complexity index is 653. The second-order valence-electron chi connectivity index (χ2n) is 4.43. The van der Waals surface area contributed by atoms with Gasteiger partial charge in [-0.3, -0.25) is 4.79 Å². The van der Waals surface area contributed by atoms with Crippen molar-refractivity contribution in [2.24, 2.45) is 0 Å². The van der Waals surface area contributed by atoms with Crippen LogP contribution in [0.1, 0.15) is 21.5 Å². The minimum absolute atomic E-state index is 0.0294. The van der Waals surface area contributed by atoms with E-state index in [0.29, 0.717) is 5.56 Å². The number of aromatic hydroxyl groups is 1. The molecule has 110 valence electrons. The molecule has 0 aliphatic rings. The number of phenolic OH excluding ortho intramolecular Hbond substituents is 1. The molecule has 0 unspecified atom stereocenters. The van der Waals surface area contributed by atoms with Gasteiger partial charge in [-0.05, 0) is 35.9 Å². The Hall–Kier alpha value is -2.50. The highest BCUT2D eigenvalue weighted by atomic mass is 19.4. The van der Waals surface area contributed by atoms with Gasteiger partial charge in [0.15, 0.2) is 0 Å². The highest BCUT2D eigenvalue weighted by molar-refractivity contribution is 5.94. The summed E-state index contributed by atoms with van der Waals surface area (Å²) in [6.45, 7) is -0.0294. The van der Waals surface area contributed by atoms with E-state index >= 15 is 0 Å². The van der Waals surface area contributed by atoms with E-state index in [4.69, 9.17) is 0 Å². The molecular weight excluding hydrogens is 283 g/mol. The van der Waals surface area contributed by atoms with Crippen LogP contribution in [-0.2, 0) is 12.7 Å². The predicted molar refractivity (Wildman–Crippen MR) is 70.7 cm³/mol. The number of hydrogen-bond acceptors (Lipinski definition) is 2. The molecule has 0 aliphatic heterocycles. The molecule has 6 heteroatoms. The van der Waals surface area contributed by atoms with Gasteiger partial charge in [0.25, 0.3) is 5.91 Å². The molecule has 0 aromatic heterocycles. The first-order valence-corrected chi connectivity index (χ1v) is 6.09. The summed E-state index contributed by atoms with van der Waals surface area (Å²) >= 11 is 0. The van der Waals surface area contributed by atoms with E-state index in [1.165, 1.54) is 36.4 Å². The smallest absolute Gasteiger partial charge is 0.416 e. The Balaban J connectivity index is 2.05. The molecule has 3 nitrogen and oxygen atoms in total. The topological polar surface area (TPSA) is 49.3 Å². The van der Waals surface area contributed by atoms with Gasteiger partial charge in [0.1, 0.15) is 5.75 Å². The Labute approximate surface area is 119 Å². The van der Waals surface area contributed by atoms with E-state index in [2.05, 4.69) is 5.32 Å². The SMILES string of the molecule is O=C(NCc1cccc(C(F)(F)F)c1)c1cccc(O)c1. The molecule has 0 atom stereocenters. The number of phenols is 1. The average Bonchev–Trinajstić information content (AvgIpc) is 2.44. The number of carbonyl (C=O) groups excluding carboxylic acids is 1. The molecule has 0 saturated carbocycles. The Morgan fingerprint density at radius 2 is 1.81 bits per heavy atom. The van der Waals surface area contributed by atoms with Crippen LogP contribution in [0.4, 0.5) is 13.2 Å². The number of carbonyl (C=O) groups is 1. The zero-order valence-electron chi connectivity index (χ0n) is 10.8. The van der Waals surface area contributed by atoms with E-state index < -0.39 is 17.6 Å². The predicted octanol–water partition coefficient (Wildman–Crippen LogP) is 3.34. The third kappa shape index (κ3) is 3.98. The lowest BCUT2D eigenvalue weighted by atomic mass is 10.1. The summed E-state index contributed by atoms with van der Waals surface area (Å²) < 4.78 is 37.7. The van der Waals surface area contributed by atoms with Crippen LogP contribution in [0, 0.1) is 0 Å². The van der Waals surface area contributed by atoms with Crippen LogP contribution < -0.4 is 5.32 Å². The molecule has 2 N–H and O–H groups in total. The maximum atomic E-state index is 12.6. The molecule has 0 bridgehead atoms. The number of rotatable bonds is 3. The van der Waals surface area contributed by atoms with Gasteiger partial charge < -0.3 is 10.4 Å². The molecule has 21 heavy (non-hydrogen) atoms. The first-order chi connectivity index (χ1) is 9.86. The number of hydrogen-bond donors (Lipinski definition) is 2. The van der Waals surface area contributed by atoms with Gasteiger partial charge >= 0.3 is 6.18 Å². The Morgan fingerprint density at radius 1 is 1.10 bits per heavy atom. The van der Waals surface area contributed by atoms with Crippen molar-refractivity contribution in [3.63, 3.8) is 0 Å². The normalized spacial score (nSPS) is 11.2. The molecule has 0 spiro atoms. The van der Waals surface area contributed by atoms with E-state index in [9.17, 15) is 23.1 Å². The molecule has 0 saturated heterocycles. The number of nitrogens with one attached hydrogen (secondary N) is 1. The minimum atomic E-state index is -4.41. The molecule has 0 heterocycles. The van der Waals surface area contributed by atoms with Crippen molar-refractivity contribution in [1.82, 2.24) is 5.32 Å². The minimum Gasteiger partial charge on any atom is -0.508 e. The second kappa shape index (κ2) is 5.87. The second-order valence-corrected chi connectivity index (χ2v) is 4.43. The molecular formula is C15H12F3NO2. The fraction of sp³-hybridized carbons (Fsp3) is 0.133. The molecule has 2 rings (SSSR count). The summed E-state index contributed by atoms with van der Waals surface area (Å²) in [7, 11) is 0. The summed E-state index contributed by atoms with van der Waals surface area (Å²) in [5, 5.41) is 11.8. The van der Waals surface area contributed by atoms with E-state index in [1.807, 2.05) is 0 Å². The third-order valence-electron chi connectivity index (χ3n) is 2.82. The first-order valence-electron chi connectivity index (χ1n) is 6.09. The lowest BCUT2D eigenvalue weighted by Crippen LogP contribution is -2.22. The summed E-state index contributed by atoms with van der Waals surface area (Å²) in [4.78, 5) is 11.8. The number of benzene rings is 2. The molecule has 1 amide bonds. The van der Waals surface area contributed by atoms with Crippen LogP contribution >= 0.6 is 0 Å². The van der Waals surface area contributed by atoms with Crippen molar-refractivity contribution >= 4 is 5.91 Å². The van der Waals surface area contributed by atoms with E-state index in [1.54, 1.807) is 0 Å². The van der Waals surface area contributed by atoms with Crippen LogP contribution in [0.2, 0.25) is 0 Å². The monoisotopic (exact) mass is 295 g/mol. The van der Waals surface area contributed by atoms with Crippen LogP contribution in [0.5, 0.6) is 5.75 Å². The fourth-order valence-corrected chi connectivity index (χ4v) is 1.79. The first kappa shape index (κ1) is 14.9. The van der Waals surface area contributed by atoms with Crippen LogP contribution in [0.25, 0.3) is 0 Å². The molecule has 2 aromatic rings. The van der Waals surface area contributed by atoms with Crippen LogP contribution in [-0.4, -0.2) is 11.0 Å². The van der Waals surface area contributed by atoms with E-state index in [0.717, 1.165) is 12.1 Å².